The zero-order valence-electron chi connectivity index (χ0n) is 10.9. The van der Waals surface area contributed by atoms with Gasteiger partial charge in [0.2, 0.25) is 0 Å². The molecular formula is C13H21NO2S. The van der Waals surface area contributed by atoms with Crippen molar-refractivity contribution in [1.82, 2.24) is 5.32 Å². The summed E-state index contributed by atoms with van der Waals surface area (Å²) < 4.78 is 5.25. The summed E-state index contributed by atoms with van der Waals surface area (Å²) >= 11 is 1.71. The van der Waals surface area contributed by atoms with Crippen LogP contribution in [0, 0.1) is 0 Å². The van der Waals surface area contributed by atoms with Crippen LogP contribution in [0.15, 0.2) is 17.5 Å². The van der Waals surface area contributed by atoms with E-state index in [2.05, 4.69) is 18.3 Å². The molecule has 0 aliphatic carbocycles. The van der Waals surface area contributed by atoms with Crippen LogP contribution in [-0.2, 0) is 9.53 Å². The third-order valence-electron chi connectivity index (χ3n) is 2.21. The molecule has 0 aromatic carbocycles. The van der Waals surface area contributed by atoms with E-state index in [1.54, 1.807) is 11.3 Å². The van der Waals surface area contributed by atoms with Crippen molar-refractivity contribution in [2.75, 3.05) is 6.54 Å². The number of esters is 1. The Kier molecular flexibility index (Phi) is 5.15. The minimum absolute atomic E-state index is 0.201. The third kappa shape index (κ3) is 5.33. The van der Waals surface area contributed by atoms with Gasteiger partial charge in [0.05, 0.1) is 6.54 Å². The predicted molar refractivity (Wildman–Crippen MR) is 71.2 cm³/mol. The van der Waals surface area contributed by atoms with E-state index in [0.29, 0.717) is 0 Å². The van der Waals surface area contributed by atoms with Crippen LogP contribution in [-0.4, -0.2) is 18.1 Å². The molecule has 4 heteroatoms. The van der Waals surface area contributed by atoms with Crippen molar-refractivity contribution in [1.29, 1.82) is 0 Å². The lowest BCUT2D eigenvalue weighted by Crippen LogP contribution is -2.33. The Morgan fingerprint density at radius 1 is 1.53 bits per heavy atom. The zero-order valence-corrected chi connectivity index (χ0v) is 11.8. The maximum Gasteiger partial charge on any atom is 0.320 e. The second-order valence-electron chi connectivity index (χ2n) is 4.94. The normalized spacial score (nSPS) is 13.4. The first kappa shape index (κ1) is 14.2. The van der Waals surface area contributed by atoms with Crippen molar-refractivity contribution in [2.45, 2.75) is 45.8 Å². The van der Waals surface area contributed by atoms with Gasteiger partial charge in [-0.15, -0.1) is 11.3 Å². The summed E-state index contributed by atoms with van der Waals surface area (Å²) in [4.78, 5) is 12.8. The second kappa shape index (κ2) is 6.17. The monoisotopic (exact) mass is 255 g/mol. The van der Waals surface area contributed by atoms with Crippen LogP contribution in [0.25, 0.3) is 0 Å². The Morgan fingerprint density at radius 2 is 2.24 bits per heavy atom. The van der Waals surface area contributed by atoms with Gasteiger partial charge in [0.15, 0.2) is 0 Å². The van der Waals surface area contributed by atoms with Crippen LogP contribution in [0.5, 0.6) is 0 Å². The summed E-state index contributed by atoms with van der Waals surface area (Å²) in [5.74, 6) is -0.201. The average Bonchev–Trinajstić information content (AvgIpc) is 2.69. The van der Waals surface area contributed by atoms with Crippen LogP contribution in [0.3, 0.4) is 0 Å². The van der Waals surface area contributed by atoms with Crippen molar-refractivity contribution < 1.29 is 9.53 Å². The molecule has 0 radical (unpaired) electrons. The Labute approximate surface area is 107 Å². The molecule has 17 heavy (non-hydrogen) atoms. The minimum atomic E-state index is -0.413. The molecule has 0 amide bonds. The maximum atomic E-state index is 11.6. The molecule has 0 saturated carbocycles. The lowest BCUT2D eigenvalue weighted by Gasteiger charge is -2.21. The molecule has 1 N–H and O–H groups in total. The summed E-state index contributed by atoms with van der Waals surface area (Å²) in [7, 11) is 0. The lowest BCUT2D eigenvalue weighted by molar-refractivity contribution is -0.153. The number of ether oxygens (including phenoxy) is 1. The summed E-state index contributed by atoms with van der Waals surface area (Å²) in [6.07, 6.45) is 0.962. The molecule has 0 bridgehead atoms. The molecule has 1 unspecified atom stereocenters. The molecule has 0 saturated heterocycles. The van der Waals surface area contributed by atoms with Gasteiger partial charge in [-0.05, 0) is 38.6 Å². The van der Waals surface area contributed by atoms with Gasteiger partial charge in [0.1, 0.15) is 5.60 Å². The number of nitrogens with one attached hydrogen (secondary N) is 1. The fourth-order valence-electron chi connectivity index (χ4n) is 1.52. The smallest absolute Gasteiger partial charge is 0.320 e. The highest BCUT2D eigenvalue weighted by molar-refractivity contribution is 7.10. The van der Waals surface area contributed by atoms with E-state index >= 15 is 0 Å². The first-order valence-electron chi connectivity index (χ1n) is 5.91. The number of thiophene rings is 1. The summed E-state index contributed by atoms with van der Waals surface area (Å²) in [5, 5.41) is 5.28. The Hall–Kier alpha value is -0.870. The van der Waals surface area contributed by atoms with Crippen molar-refractivity contribution in [3.8, 4) is 0 Å². The van der Waals surface area contributed by atoms with Crippen LogP contribution in [0.4, 0.5) is 0 Å². The van der Waals surface area contributed by atoms with Crippen molar-refractivity contribution >= 4 is 17.3 Å². The quantitative estimate of drug-likeness (QED) is 0.821. The average molecular weight is 255 g/mol. The van der Waals surface area contributed by atoms with Gasteiger partial charge < -0.3 is 4.74 Å². The molecule has 96 valence electrons. The molecule has 0 aliphatic heterocycles. The number of carbonyl (C=O) groups excluding carboxylic acids is 1. The fraction of sp³-hybridized carbons (Fsp3) is 0.615. The van der Waals surface area contributed by atoms with E-state index in [1.165, 1.54) is 4.88 Å². The minimum Gasteiger partial charge on any atom is -0.459 e. The van der Waals surface area contributed by atoms with E-state index in [4.69, 9.17) is 4.74 Å². The van der Waals surface area contributed by atoms with E-state index in [1.807, 2.05) is 32.2 Å². The van der Waals surface area contributed by atoms with Gasteiger partial charge in [0.25, 0.3) is 0 Å². The topological polar surface area (TPSA) is 38.3 Å². The van der Waals surface area contributed by atoms with E-state index < -0.39 is 5.60 Å². The van der Waals surface area contributed by atoms with E-state index in [0.717, 1.165) is 6.42 Å². The Balaban J connectivity index is 2.41. The SMILES string of the molecule is CCC(NCC(=O)OC(C)(C)C)c1cccs1. The molecule has 1 heterocycles. The number of rotatable bonds is 5. The van der Waals surface area contributed by atoms with Crippen molar-refractivity contribution in [2.24, 2.45) is 0 Å². The third-order valence-corrected chi connectivity index (χ3v) is 3.19. The summed E-state index contributed by atoms with van der Waals surface area (Å²) in [6, 6.07) is 4.35. The van der Waals surface area contributed by atoms with Crippen molar-refractivity contribution in [3.63, 3.8) is 0 Å². The van der Waals surface area contributed by atoms with E-state index in [9.17, 15) is 4.79 Å². The van der Waals surface area contributed by atoms with Crippen LogP contribution >= 0.6 is 11.3 Å². The highest BCUT2D eigenvalue weighted by atomic mass is 32.1. The highest BCUT2D eigenvalue weighted by Crippen LogP contribution is 2.21. The van der Waals surface area contributed by atoms with Gasteiger partial charge in [-0.2, -0.15) is 0 Å². The molecule has 0 fully saturated rings. The molecule has 1 aromatic heterocycles. The number of carbonyl (C=O) groups is 1. The largest absolute Gasteiger partial charge is 0.459 e. The highest BCUT2D eigenvalue weighted by Gasteiger charge is 2.17. The number of hydrogen-bond donors (Lipinski definition) is 1. The van der Waals surface area contributed by atoms with Gasteiger partial charge in [-0.3, -0.25) is 10.1 Å². The van der Waals surface area contributed by atoms with Crippen LogP contribution in [0.1, 0.15) is 45.0 Å². The molecular weight excluding hydrogens is 234 g/mol. The van der Waals surface area contributed by atoms with Crippen LogP contribution < -0.4 is 5.32 Å². The van der Waals surface area contributed by atoms with Gasteiger partial charge in [-0.1, -0.05) is 13.0 Å². The zero-order chi connectivity index (χ0) is 12.9. The standard InChI is InChI=1S/C13H21NO2S/c1-5-10(11-7-6-8-17-11)14-9-12(15)16-13(2,3)4/h6-8,10,14H,5,9H2,1-4H3. The lowest BCUT2D eigenvalue weighted by atomic mass is 10.2. The Morgan fingerprint density at radius 3 is 2.71 bits per heavy atom. The molecule has 3 nitrogen and oxygen atoms in total. The fourth-order valence-corrected chi connectivity index (χ4v) is 2.41. The summed E-state index contributed by atoms with van der Waals surface area (Å²) in [5.41, 5.74) is -0.413. The summed E-state index contributed by atoms with van der Waals surface area (Å²) in [6.45, 7) is 7.99. The van der Waals surface area contributed by atoms with Gasteiger partial charge in [0, 0.05) is 10.9 Å². The predicted octanol–water partition coefficient (Wildman–Crippen LogP) is 3.13. The first-order valence-corrected chi connectivity index (χ1v) is 6.79. The molecule has 0 spiro atoms. The van der Waals surface area contributed by atoms with E-state index in [-0.39, 0.29) is 18.6 Å². The van der Waals surface area contributed by atoms with Crippen molar-refractivity contribution in [3.05, 3.63) is 22.4 Å². The molecule has 1 atom stereocenters. The molecule has 1 rings (SSSR count). The number of hydrogen-bond acceptors (Lipinski definition) is 4. The second-order valence-corrected chi connectivity index (χ2v) is 5.92. The first-order chi connectivity index (χ1) is 7.92. The maximum absolute atomic E-state index is 11.6. The van der Waals surface area contributed by atoms with Gasteiger partial charge >= 0.3 is 5.97 Å². The van der Waals surface area contributed by atoms with Gasteiger partial charge in [-0.25, -0.2) is 0 Å². The Bertz CT molecular complexity index is 341. The molecule has 0 aliphatic rings. The molecule has 1 aromatic rings. The van der Waals surface area contributed by atoms with Crippen LogP contribution in [0.2, 0.25) is 0 Å².